The summed E-state index contributed by atoms with van der Waals surface area (Å²) in [4.78, 5) is 13.1. The fourth-order valence-corrected chi connectivity index (χ4v) is 4.88. The number of pyridine rings is 1. The lowest BCUT2D eigenvalue weighted by molar-refractivity contribution is -0.106. The summed E-state index contributed by atoms with van der Waals surface area (Å²) < 4.78 is 33.1. The molecule has 158 valence electrons. The second kappa shape index (κ2) is 9.10. The molecule has 0 saturated heterocycles. The Morgan fingerprint density at radius 1 is 1.27 bits per heavy atom. The van der Waals surface area contributed by atoms with Gasteiger partial charge in [0, 0.05) is 24.5 Å². The number of methoxy groups -OCH3 is 1. The molecule has 0 fully saturated rings. The van der Waals surface area contributed by atoms with Gasteiger partial charge >= 0.3 is 0 Å². The zero-order valence-electron chi connectivity index (χ0n) is 16.7. The van der Waals surface area contributed by atoms with Crippen molar-refractivity contribution in [1.29, 1.82) is 0 Å². The van der Waals surface area contributed by atoms with Crippen LogP contribution in [0.5, 0.6) is 11.5 Å². The molecule has 1 aliphatic heterocycles. The fraction of sp³-hybridized carbons (Fsp3) is 0.238. The van der Waals surface area contributed by atoms with Crippen molar-refractivity contribution in [2.45, 2.75) is 18.2 Å². The highest BCUT2D eigenvalue weighted by Gasteiger charge is 2.27. The minimum absolute atomic E-state index is 0.0779. The first-order valence-corrected chi connectivity index (χ1v) is 10.8. The number of carbonyl (C=O) groups is 1. The van der Waals surface area contributed by atoms with Gasteiger partial charge in [0.15, 0.2) is 11.5 Å². The van der Waals surface area contributed by atoms with Crippen molar-refractivity contribution >= 4 is 32.9 Å². The number of aromatic hydroxyl groups is 1. The highest BCUT2D eigenvalue weighted by atomic mass is 32.2. The SMILES string of the molecule is CC=O.COc1c(O)cccc1S(=O)(=O)n1cc(C2=CCNCC2)c2ncccc21. The van der Waals surface area contributed by atoms with Crippen LogP contribution in [-0.2, 0) is 14.8 Å². The van der Waals surface area contributed by atoms with E-state index in [1.54, 1.807) is 24.5 Å². The standard InChI is InChI=1S/C19H19N3O4S.C2H4O/c1-26-19-16(23)5-2-6-17(19)27(24,25)22-12-14(13-7-10-20-11-8-13)18-15(22)4-3-9-21-18;1-2-3/h2-7,9,12,20,23H,8,10-11H2,1H3;2H,1H3. The number of nitrogens with one attached hydrogen (secondary N) is 1. The number of nitrogens with zero attached hydrogens (tertiary/aromatic N) is 2. The van der Waals surface area contributed by atoms with E-state index in [9.17, 15) is 13.5 Å². The molecular weight excluding hydrogens is 406 g/mol. The number of aromatic nitrogens is 2. The molecule has 0 bridgehead atoms. The van der Waals surface area contributed by atoms with Crippen molar-refractivity contribution in [2.24, 2.45) is 0 Å². The van der Waals surface area contributed by atoms with E-state index in [4.69, 9.17) is 9.53 Å². The van der Waals surface area contributed by atoms with E-state index >= 15 is 0 Å². The molecule has 1 aliphatic rings. The van der Waals surface area contributed by atoms with Gasteiger partial charge in [-0.3, -0.25) is 4.98 Å². The number of phenols is 1. The molecule has 0 radical (unpaired) electrons. The van der Waals surface area contributed by atoms with Crippen molar-refractivity contribution in [3.63, 3.8) is 0 Å². The minimum atomic E-state index is -4.00. The van der Waals surface area contributed by atoms with Crippen LogP contribution in [0.4, 0.5) is 0 Å². The van der Waals surface area contributed by atoms with Crippen LogP contribution in [0.25, 0.3) is 16.6 Å². The van der Waals surface area contributed by atoms with E-state index in [0.717, 1.165) is 36.9 Å². The molecule has 9 heteroatoms. The third-order valence-electron chi connectivity index (χ3n) is 4.63. The van der Waals surface area contributed by atoms with Crippen LogP contribution in [0, 0.1) is 0 Å². The van der Waals surface area contributed by atoms with Crippen LogP contribution in [-0.4, -0.2) is 49.0 Å². The van der Waals surface area contributed by atoms with Gasteiger partial charge in [0.05, 0.1) is 18.1 Å². The van der Waals surface area contributed by atoms with Gasteiger partial charge in [-0.15, -0.1) is 0 Å². The van der Waals surface area contributed by atoms with Crippen molar-refractivity contribution in [3.8, 4) is 11.5 Å². The third-order valence-corrected chi connectivity index (χ3v) is 6.33. The van der Waals surface area contributed by atoms with Gasteiger partial charge in [0.1, 0.15) is 11.2 Å². The topological polar surface area (TPSA) is 111 Å². The molecule has 0 unspecified atom stereocenters. The summed E-state index contributed by atoms with van der Waals surface area (Å²) in [5.41, 5.74) is 2.98. The number of fused-ring (bicyclic) bond motifs is 1. The number of rotatable bonds is 4. The first kappa shape index (κ1) is 21.5. The number of hydrogen-bond donors (Lipinski definition) is 2. The third kappa shape index (κ3) is 3.94. The second-order valence-electron chi connectivity index (χ2n) is 6.44. The monoisotopic (exact) mass is 429 g/mol. The van der Waals surface area contributed by atoms with E-state index in [0.29, 0.717) is 11.0 Å². The number of hydrogen-bond acceptors (Lipinski definition) is 7. The summed E-state index contributed by atoms with van der Waals surface area (Å²) in [6, 6.07) is 7.71. The summed E-state index contributed by atoms with van der Waals surface area (Å²) in [5, 5.41) is 13.2. The lowest BCUT2D eigenvalue weighted by Gasteiger charge is -2.13. The van der Waals surface area contributed by atoms with Crippen LogP contribution < -0.4 is 10.1 Å². The van der Waals surface area contributed by atoms with E-state index in [-0.39, 0.29) is 16.4 Å². The van der Waals surface area contributed by atoms with E-state index in [1.807, 2.05) is 0 Å². The number of carbonyl (C=O) groups excluding carboxylic acids is 1. The van der Waals surface area contributed by atoms with Gasteiger partial charge in [0.25, 0.3) is 10.0 Å². The van der Waals surface area contributed by atoms with Gasteiger partial charge in [-0.05, 0) is 49.7 Å². The minimum Gasteiger partial charge on any atom is -0.504 e. The smallest absolute Gasteiger partial charge is 0.272 e. The van der Waals surface area contributed by atoms with E-state index in [2.05, 4.69) is 16.4 Å². The van der Waals surface area contributed by atoms with E-state index < -0.39 is 10.0 Å². The van der Waals surface area contributed by atoms with Crippen molar-refractivity contribution in [3.05, 3.63) is 54.4 Å². The van der Waals surface area contributed by atoms with Crippen molar-refractivity contribution in [1.82, 2.24) is 14.3 Å². The highest BCUT2D eigenvalue weighted by Crippen LogP contribution is 2.37. The molecular formula is C21H23N3O5S. The Kier molecular flexibility index (Phi) is 6.53. The molecule has 0 atom stereocenters. The van der Waals surface area contributed by atoms with Gasteiger partial charge in [0.2, 0.25) is 0 Å². The predicted octanol–water partition coefficient (Wildman–Crippen LogP) is 2.57. The lowest BCUT2D eigenvalue weighted by atomic mass is 10.0. The molecule has 2 aromatic heterocycles. The molecule has 0 saturated carbocycles. The van der Waals surface area contributed by atoms with Gasteiger partial charge in [-0.2, -0.15) is 0 Å². The zero-order valence-corrected chi connectivity index (χ0v) is 17.5. The number of benzene rings is 1. The number of ether oxygens (including phenoxy) is 1. The Morgan fingerprint density at radius 2 is 2.03 bits per heavy atom. The molecule has 3 heterocycles. The van der Waals surface area contributed by atoms with E-state index in [1.165, 1.54) is 36.2 Å². The van der Waals surface area contributed by atoms with Gasteiger partial charge < -0.3 is 20.0 Å². The predicted molar refractivity (Wildman–Crippen MR) is 114 cm³/mol. The second-order valence-corrected chi connectivity index (χ2v) is 8.23. The maximum absolute atomic E-state index is 13.4. The van der Waals surface area contributed by atoms with Crippen molar-refractivity contribution in [2.75, 3.05) is 20.2 Å². The molecule has 0 aliphatic carbocycles. The summed E-state index contributed by atoms with van der Waals surface area (Å²) in [6.07, 6.45) is 6.86. The van der Waals surface area contributed by atoms with Crippen LogP contribution in [0.15, 0.2) is 53.7 Å². The van der Waals surface area contributed by atoms with Crippen LogP contribution in [0.2, 0.25) is 0 Å². The largest absolute Gasteiger partial charge is 0.504 e. The summed E-state index contributed by atoms with van der Waals surface area (Å²) in [5.74, 6) is -0.305. The number of phenolic OH excluding ortho intramolecular Hbond substituents is 1. The lowest BCUT2D eigenvalue weighted by Crippen LogP contribution is -2.20. The fourth-order valence-electron chi connectivity index (χ4n) is 3.35. The quantitative estimate of drug-likeness (QED) is 0.613. The molecule has 0 spiro atoms. The van der Waals surface area contributed by atoms with Crippen LogP contribution >= 0.6 is 0 Å². The Balaban J connectivity index is 0.000000806. The molecule has 1 aromatic carbocycles. The first-order valence-electron chi connectivity index (χ1n) is 9.33. The van der Waals surface area contributed by atoms with Crippen LogP contribution in [0.3, 0.4) is 0 Å². The molecule has 4 rings (SSSR count). The maximum atomic E-state index is 13.4. The Labute approximate surface area is 174 Å². The number of para-hydroxylation sites is 1. The Morgan fingerprint density at radius 3 is 2.70 bits per heavy atom. The average molecular weight is 429 g/mol. The summed E-state index contributed by atoms with van der Waals surface area (Å²) >= 11 is 0. The van der Waals surface area contributed by atoms with Gasteiger partial charge in [-0.25, -0.2) is 12.4 Å². The molecule has 2 N–H and O–H groups in total. The number of aldehydes is 1. The molecule has 8 nitrogen and oxygen atoms in total. The molecule has 0 amide bonds. The van der Waals surface area contributed by atoms with Gasteiger partial charge in [-0.1, -0.05) is 12.1 Å². The molecule has 3 aromatic rings. The summed E-state index contributed by atoms with van der Waals surface area (Å²) in [7, 11) is -2.67. The summed E-state index contributed by atoms with van der Waals surface area (Å²) in [6.45, 7) is 3.01. The highest BCUT2D eigenvalue weighted by molar-refractivity contribution is 7.90. The maximum Gasteiger partial charge on any atom is 0.272 e. The Hall–Kier alpha value is -3.17. The normalized spacial score (nSPS) is 13.9. The Bertz CT molecular complexity index is 1200. The zero-order chi connectivity index (χ0) is 21.7. The average Bonchev–Trinajstić information content (AvgIpc) is 3.15. The first-order chi connectivity index (χ1) is 14.5. The molecule has 30 heavy (non-hydrogen) atoms. The van der Waals surface area contributed by atoms with Crippen molar-refractivity contribution < 1.29 is 23.1 Å². The van der Waals surface area contributed by atoms with Crippen LogP contribution in [0.1, 0.15) is 18.9 Å².